The van der Waals surface area contributed by atoms with Crippen LogP contribution in [0.2, 0.25) is 0 Å². The SMILES string of the molecule is O=C1NC(=O)/C(=C\c2cccs2)N1. The van der Waals surface area contributed by atoms with Gasteiger partial charge in [-0.25, -0.2) is 4.79 Å². The topological polar surface area (TPSA) is 58.2 Å². The largest absolute Gasteiger partial charge is 0.326 e. The van der Waals surface area contributed by atoms with E-state index in [2.05, 4.69) is 10.6 Å². The van der Waals surface area contributed by atoms with Gasteiger partial charge >= 0.3 is 6.03 Å². The highest BCUT2D eigenvalue weighted by Gasteiger charge is 2.22. The minimum Gasteiger partial charge on any atom is -0.303 e. The molecular weight excluding hydrogens is 188 g/mol. The molecule has 1 aromatic rings. The molecule has 0 bridgehead atoms. The summed E-state index contributed by atoms with van der Waals surface area (Å²) < 4.78 is 0. The van der Waals surface area contributed by atoms with Gasteiger partial charge in [-0.2, -0.15) is 0 Å². The van der Waals surface area contributed by atoms with Crippen LogP contribution in [0.25, 0.3) is 6.08 Å². The molecule has 2 rings (SSSR count). The number of carbonyl (C=O) groups excluding carboxylic acids is 2. The van der Waals surface area contributed by atoms with E-state index in [1.165, 1.54) is 11.3 Å². The van der Waals surface area contributed by atoms with Crippen molar-refractivity contribution in [1.82, 2.24) is 10.6 Å². The standard InChI is InChI=1S/C8H6N2O2S/c11-7-6(9-8(12)10-7)4-5-2-1-3-13-5/h1-4H,(H2,9,10,11,12)/b6-4+. The summed E-state index contributed by atoms with van der Waals surface area (Å²) in [7, 11) is 0. The van der Waals surface area contributed by atoms with Crippen molar-refractivity contribution in [2.24, 2.45) is 0 Å². The van der Waals surface area contributed by atoms with E-state index in [1.807, 2.05) is 17.5 Å². The fourth-order valence-corrected chi connectivity index (χ4v) is 1.66. The van der Waals surface area contributed by atoms with Crippen molar-refractivity contribution in [1.29, 1.82) is 0 Å². The second-order valence-corrected chi connectivity index (χ2v) is 3.46. The Morgan fingerprint density at radius 1 is 1.31 bits per heavy atom. The average molecular weight is 194 g/mol. The van der Waals surface area contributed by atoms with Crippen molar-refractivity contribution in [2.75, 3.05) is 0 Å². The first-order chi connectivity index (χ1) is 6.25. The molecule has 1 aliphatic rings. The van der Waals surface area contributed by atoms with Crippen LogP contribution in [-0.4, -0.2) is 11.9 Å². The molecule has 2 heterocycles. The van der Waals surface area contributed by atoms with Crippen LogP contribution >= 0.6 is 11.3 Å². The Labute approximate surface area is 78.3 Å². The van der Waals surface area contributed by atoms with Crippen LogP contribution in [0.1, 0.15) is 4.88 Å². The van der Waals surface area contributed by atoms with E-state index >= 15 is 0 Å². The zero-order valence-electron chi connectivity index (χ0n) is 6.53. The molecule has 4 nitrogen and oxygen atoms in total. The molecule has 66 valence electrons. The molecule has 1 fully saturated rings. The maximum atomic E-state index is 11.1. The molecule has 5 heteroatoms. The second-order valence-electron chi connectivity index (χ2n) is 2.48. The van der Waals surface area contributed by atoms with Crippen LogP contribution in [-0.2, 0) is 4.79 Å². The molecule has 0 aliphatic carbocycles. The van der Waals surface area contributed by atoms with Gasteiger partial charge in [0.05, 0.1) is 0 Å². The number of hydrogen-bond acceptors (Lipinski definition) is 3. The lowest BCUT2D eigenvalue weighted by Gasteiger charge is -1.90. The minimum absolute atomic E-state index is 0.299. The summed E-state index contributed by atoms with van der Waals surface area (Å²) in [6, 6.07) is 3.29. The molecule has 13 heavy (non-hydrogen) atoms. The van der Waals surface area contributed by atoms with E-state index in [-0.39, 0.29) is 5.91 Å². The van der Waals surface area contributed by atoms with E-state index in [0.717, 1.165) is 4.88 Å². The zero-order chi connectivity index (χ0) is 9.26. The monoisotopic (exact) mass is 194 g/mol. The summed E-state index contributed by atoms with van der Waals surface area (Å²) in [5.41, 5.74) is 0.299. The summed E-state index contributed by atoms with van der Waals surface area (Å²) in [6.45, 7) is 0. The number of carbonyl (C=O) groups is 2. The summed E-state index contributed by atoms with van der Waals surface area (Å²) >= 11 is 1.51. The van der Waals surface area contributed by atoms with E-state index in [1.54, 1.807) is 6.08 Å². The van der Waals surface area contributed by atoms with Crippen molar-refractivity contribution in [3.63, 3.8) is 0 Å². The summed E-state index contributed by atoms with van der Waals surface area (Å²) in [5, 5.41) is 6.44. The number of rotatable bonds is 1. The van der Waals surface area contributed by atoms with Crippen LogP contribution in [0.3, 0.4) is 0 Å². The summed E-state index contributed by atoms with van der Waals surface area (Å²) in [4.78, 5) is 22.7. The normalized spacial score (nSPS) is 18.9. The van der Waals surface area contributed by atoms with Crippen LogP contribution in [0, 0.1) is 0 Å². The summed E-state index contributed by atoms with van der Waals surface area (Å²) in [6.07, 6.45) is 1.64. The van der Waals surface area contributed by atoms with Crippen molar-refractivity contribution in [3.8, 4) is 0 Å². The quantitative estimate of drug-likeness (QED) is 0.516. The molecule has 2 N–H and O–H groups in total. The first kappa shape index (κ1) is 8.00. The molecule has 0 spiro atoms. The Kier molecular flexibility index (Phi) is 1.86. The van der Waals surface area contributed by atoms with Crippen LogP contribution in [0.15, 0.2) is 23.2 Å². The van der Waals surface area contributed by atoms with Gasteiger partial charge in [0.25, 0.3) is 5.91 Å². The molecule has 1 saturated heterocycles. The number of nitrogens with one attached hydrogen (secondary N) is 2. The highest BCUT2D eigenvalue weighted by molar-refractivity contribution is 7.10. The number of urea groups is 1. The van der Waals surface area contributed by atoms with Gasteiger partial charge in [0.15, 0.2) is 0 Å². The molecule has 0 saturated carbocycles. The fraction of sp³-hybridized carbons (Fsp3) is 0. The molecule has 0 unspecified atom stereocenters. The number of hydrogen-bond donors (Lipinski definition) is 2. The highest BCUT2D eigenvalue weighted by atomic mass is 32.1. The first-order valence-electron chi connectivity index (χ1n) is 3.63. The van der Waals surface area contributed by atoms with Gasteiger partial charge in [-0.1, -0.05) is 6.07 Å². The lowest BCUT2D eigenvalue weighted by Crippen LogP contribution is -2.22. The molecule has 0 radical (unpaired) electrons. The predicted octanol–water partition coefficient (Wildman–Crippen LogP) is 0.928. The Bertz CT molecular complexity index is 381. The molecule has 0 aromatic carbocycles. The van der Waals surface area contributed by atoms with E-state index < -0.39 is 6.03 Å². The lowest BCUT2D eigenvalue weighted by molar-refractivity contribution is -0.115. The third kappa shape index (κ3) is 1.59. The predicted molar refractivity (Wildman–Crippen MR) is 49.0 cm³/mol. The van der Waals surface area contributed by atoms with Gasteiger partial charge in [0, 0.05) is 4.88 Å². The first-order valence-corrected chi connectivity index (χ1v) is 4.51. The smallest absolute Gasteiger partial charge is 0.303 e. The third-order valence-electron chi connectivity index (χ3n) is 1.55. The number of imide groups is 1. The maximum Gasteiger partial charge on any atom is 0.326 e. The van der Waals surface area contributed by atoms with Crippen LogP contribution in [0.5, 0.6) is 0 Å². The van der Waals surface area contributed by atoms with Crippen molar-refractivity contribution >= 4 is 29.4 Å². The van der Waals surface area contributed by atoms with Gasteiger partial charge in [0.2, 0.25) is 0 Å². The van der Waals surface area contributed by atoms with E-state index in [0.29, 0.717) is 5.70 Å². The Hall–Kier alpha value is -1.62. The molecule has 1 aliphatic heterocycles. The third-order valence-corrected chi connectivity index (χ3v) is 2.37. The minimum atomic E-state index is -0.465. The molecule has 3 amide bonds. The van der Waals surface area contributed by atoms with Crippen LogP contribution < -0.4 is 10.6 Å². The van der Waals surface area contributed by atoms with Gasteiger partial charge in [-0.3, -0.25) is 10.1 Å². The van der Waals surface area contributed by atoms with Crippen molar-refractivity contribution in [2.45, 2.75) is 0 Å². The van der Waals surface area contributed by atoms with Gasteiger partial charge in [-0.05, 0) is 17.5 Å². The Morgan fingerprint density at radius 3 is 2.69 bits per heavy atom. The highest BCUT2D eigenvalue weighted by Crippen LogP contribution is 2.13. The molecular formula is C8H6N2O2S. The van der Waals surface area contributed by atoms with E-state index in [9.17, 15) is 9.59 Å². The number of amides is 3. The Balaban J connectivity index is 2.27. The maximum absolute atomic E-state index is 11.1. The van der Waals surface area contributed by atoms with Crippen molar-refractivity contribution < 1.29 is 9.59 Å². The second kappa shape index (κ2) is 3.02. The Morgan fingerprint density at radius 2 is 2.15 bits per heavy atom. The van der Waals surface area contributed by atoms with Gasteiger partial charge < -0.3 is 5.32 Å². The fourth-order valence-electron chi connectivity index (χ4n) is 0.998. The lowest BCUT2D eigenvalue weighted by atomic mass is 10.3. The molecule has 1 aromatic heterocycles. The van der Waals surface area contributed by atoms with Crippen molar-refractivity contribution in [3.05, 3.63) is 28.1 Å². The number of thiophene rings is 1. The van der Waals surface area contributed by atoms with Gasteiger partial charge in [0.1, 0.15) is 5.70 Å². The van der Waals surface area contributed by atoms with Crippen LogP contribution in [0.4, 0.5) is 4.79 Å². The van der Waals surface area contributed by atoms with E-state index in [4.69, 9.17) is 0 Å². The molecule has 0 atom stereocenters. The average Bonchev–Trinajstić information content (AvgIpc) is 2.63. The summed E-state index contributed by atoms with van der Waals surface area (Å²) in [5.74, 6) is -0.376. The van der Waals surface area contributed by atoms with Gasteiger partial charge in [-0.15, -0.1) is 11.3 Å². The zero-order valence-corrected chi connectivity index (χ0v) is 7.35.